The van der Waals surface area contributed by atoms with Gasteiger partial charge in [0, 0.05) is 43.4 Å². The van der Waals surface area contributed by atoms with E-state index in [0.29, 0.717) is 36.9 Å². The van der Waals surface area contributed by atoms with Crippen LogP contribution in [0.2, 0.25) is 5.02 Å². The number of benzene rings is 1. The number of hydrogen-bond donors (Lipinski definition) is 2. The van der Waals surface area contributed by atoms with Gasteiger partial charge in [-0.15, -0.1) is 0 Å². The fourth-order valence-electron chi connectivity index (χ4n) is 3.13. The van der Waals surface area contributed by atoms with Crippen molar-refractivity contribution in [2.24, 2.45) is 0 Å². The van der Waals surface area contributed by atoms with E-state index in [0.717, 1.165) is 12.1 Å². The Hall–Kier alpha value is -2.12. The summed E-state index contributed by atoms with van der Waals surface area (Å²) in [4.78, 5) is 40.1. The van der Waals surface area contributed by atoms with Crippen LogP contribution in [0, 0.1) is 6.92 Å². The average Bonchev–Trinajstić information content (AvgIpc) is 2.58. The van der Waals surface area contributed by atoms with Crippen molar-refractivity contribution in [2.75, 3.05) is 38.0 Å². The minimum absolute atomic E-state index is 0.0532. The third kappa shape index (κ3) is 4.11. The Morgan fingerprint density at radius 1 is 1.32 bits per heavy atom. The lowest BCUT2D eigenvalue weighted by molar-refractivity contribution is -0.141. The van der Waals surface area contributed by atoms with Crippen LogP contribution < -0.4 is 10.6 Å². The number of rotatable bonds is 3. The minimum Gasteiger partial charge on any atom is -0.353 e. The number of anilines is 1. The molecule has 0 aromatic heterocycles. The lowest BCUT2D eigenvalue weighted by Gasteiger charge is -2.42. The predicted octanol–water partition coefficient (Wildman–Crippen LogP) is 0.620. The van der Waals surface area contributed by atoms with Crippen LogP contribution in [0.15, 0.2) is 18.2 Å². The van der Waals surface area contributed by atoms with Crippen molar-refractivity contribution in [3.8, 4) is 0 Å². The standard InChI is InChI=1S/C17H21ClN4O3/c1-11-2-3-12(8-13(11)18)20-15(23)9-16(24)22-7-6-21-5-4-19-17(25)14(21)10-22/h2-3,8,14H,4-7,9-10H2,1H3,(H,19,25)(H,20,23)/t14-/m0/s1. The van der Waals surface area contributed by atoms with E-state index in [-0.39, 0.29) is 30.2 Å². The molecule has 0 bridgehead atoms. The molecule has 0 saturated carbocycles. The molecule has 7 nitrogen and oxygen atoms in total. The second kappa shape index (κ2) is 7.41. The number of amides is 3. The first-order valence-electron chi connectivity index (χ1n) is 8.29. The quantitative estimate of drug-likeness (QED) is 0.770. The summed E-state index contributed by atoms with van der Waals surface area (Å²) in [5, 5.41) is 6.06. The molecule has 2 N–H and O–H groups in total. The third-order valence-corrected chi connectivity index (χ3v) is 5.02. The highest BCUT2D eigenvalue weighted by molar-refractivity contribution is 6.31. The molecule has 1 atom stereocenters. The van der Waals surface area contributed by atoms with Crippen LogP contribution in [0.25, 0.3) is 0 Å². The van der Waals surface area contributed by atoms with E-state index in [1.165, 1.54) is 0 Å². The molecule has 2 fully saturated rings. The second-order valence-corrected chi connectivity index (χ2v) is 6.78. The summed E-state index contributed by atoms with van der Waals surface area (Å²) < 4.78 is 0. The number of carbonyl (C=O) groups excluding carboxylic acids is 3. The number of piperazine rings is 2. The highest BCUT2D eigenvalue weighted by Gasteiger charge is 2.36. The van der Waals surface area contributed by atoms with Gasteiger partial charge in [0.25, 0.3) is 0 Å². The minimum atomic E-state index is -0.388. The van der Waals surface area contributed by atoms with E-state index in [2.05, 4.69) is 15.5 Å². The van der Waals surface area contributed by atoms with Crippen molar-refractivity contribution in [1.29, 1.82) is 0 Å². The SMILES string of the molecule is Cc1ccc(NC(=O)CC(=O)N2CCN3CCNC(=O)[C@@H]3C2)cc1Cl. The van der Waals surface area contributed by atoms with Crippen molar-refractivity contribution >= 4 is 35.0 Å². The molecule has 0 unspecified atom stereocenters. The molecule has 134 valence electrons. The molecular weight excluding hydrogens is 344 g/mol. The summed E-state index contributed by atoms with van der Waals surface area (Å²) in [5.41, 5.74) is 1.48. The summed E-state index contributed by atoms with van der Waals surface area (Å²) in [5.74, 6) is -0.711. The van der Waals surface area contributed by atoms with Crippen molar-refractivity contribution in [1.82, 2.24) is 15.1 Å². The summed E-state index contributed by atoms with van der Waals surface area (Å²) in [6.45, 7) is 4.83. The van der Waals surface area contributed by atoms with Crippen LogP contribution in [-0.4, -0.2) is 66.3 Å². The van der Waals surface area contributed by atoms with Crippen molar-refractivity contribution < 1.29 is 14.4 Å². The van der Waals surface area contributed by atoms with Gasteiger partial charge in [0.15, 0.2) is 0 Å². The van der Waals surface area contributed by atoms with Gasteiger partial charge in [0.1, 0.15) is 12.5 Å². The van der Waals surface area contributed by atoms with Crippen LogP contribution in [0.3, 0.4) is 0 Å². The molecule has 2 heterocycles. The van der Waals surface area contributed by atoms with Gasteiger partial charge in [-0.2, -0.15) is 0 Å². The van der Waals surface area contributed by atoms with E-state index >= 15 is 0 Å². The molecule has 1 aromatic carbocycles. The predicted molar refractivity (Wildman–Crippen MR) is 94.4 cm³/mol. The maximum absolute atomic E-state index is 12.4. The molecule has 0 aliphatic carbocycles. The normalized spacial score (nSPS) is 20.6. The number of aryl methyl sites for hydroxylation is 1. The van der Waals surface area contributed by atoms with E-state index in [1.54, 1.807) is 23.1 Å². The maximum Gasteiger partial charge on any atom is 0.239 e. The first kappa shape index (κ1) is 17.7. The first-order valence-corrected chi connectivity index (χ1v) is 8.67. The molecular formula is C17H21ClN4O3. The summed E-state index contributed by atoms with van der Waals surface area (Å²) in [6, 6.07) is 4.89. The Labute approximate surface area is 151 Å². The van der Waals surface area contributed by atoms with Crippen LogP contribution in [0.4, 0.5) is 5.69 Å². The van der Waals surface area contributed by atoms with Crippen molar-refractivity contribution in [3.63, 3.8) is 0 Å². The van der Waals surface area contributed by atoms with E-state index in [4.69, 9.17) is 11.6 Å². The monoisotopic (exact) mass is 364 g/mol. The first-order chi connectivity index (χ1) is 11.9. The Kier molecular flexibility index (Phi) is 5.24. The molecule has 8 heteroatoms. The van der Waals surface area contributed by atoms with Gasteiger partial charge in [0.05, 0.1) is 0 Å². The third-order valence-electron chi connectivity index (χ3n) is 4.61. The van der Waals surface area contributed by atoms with Gasteiger partial charge in [0.2, 0.25) is 17.7 Å². The Balaban J connectivity index is 1.55. The summed E-state index contributed by atoms with van der Waals surface area (Å²) >= 11 is 6.03. The smallest absolute Gasteiger partial charge is 0.239 e. The van der Waals surface area contributed by atoms with Crippen LogP contribution >= 0.6 is 11.6 Å². The lowest BCUT2D eigenvalue weighted by Crippen LogP contribution is -2.64. The Morgan fingerprint density at radius 2 is 2.12 bits per heavy atom. The van der Waals surface area contributed by atoms with Gasteiger partial charge in [-0.05, 0) is 24.6 Å². The van der Waals surface area contributed by atoms with Gasteiger partial charge in [-0.1, -0.05) is 17.7 Å². The van der Waals surface area contributed by atoms with Gasteiger partial charge >= 0.3 is 0 Å². The molecule has 1 aromatic rings. The number of halogens is 1. The number of nitrogens with one attached hydrogen (secondary N) is 2. The number of fused-ring (bicyclic) bond motifs is 1. The molecule has 25 heavy (non-hydrogen) atoms. The second-order valence-electron chi connectivity index (χ2n) is 6.37. The number of carbonyl (C=O) groups is 3. The van der Waals surface area contributed by atoms with Gasteiger partial charge in [-0.25, -0.2) is 0 Å². The molecule has 3 rings (SSSR count). The molecule has 3 amide bonds. The van der Waals surface area contributed by atoms with Gasteiger partial charge < -0.3 is 15.5 Å². The number of hydrogen-bond acceptors (Lipinski definition) is 4. The topological polar surface area (TPSA) is 81.8 Å². The van der Waals surface area contributed by atoms with Crippen LogP contribution in [0.1, 0.15) is 12.0 Å². The highest BCUT2D eigenvalue weighted by atomic mass is 35.5. The van der Waals surface area contributed by atoms with Gasteiger partial charge in [-0.3, -0.25) is 19.3 Å². The maximum atomic E-state index is 12.4. The molecule has 2 aliphatic rings. The highest BCUT2D eigenvalue weighted by Crippen LogP contribution is 2.20. The largest absolute Gasteiger partial charge is 0.353 e. The van der Waals surface area contributed by atoms with Crippen LogP contribution in [-0.2, 0) is 14.4 Å². The lowest BCUT2D eigenvalue weighted by atomic mass is 10.1. The molecule has 2 aliphatic heterocycles. The number of nitrogens with zero attached hydrogens (tertiary/aromatic N) is 2. The molecule has 2 saturated heterocycles. The average molecular weight is 365 g/mol. The molecule has 0 radical (unpaired) electrons. The summed E-state index contributed by atoms with van der Waals surface area (Å²) in [7, 11) is 0. The van der Waals surface area contributed by atoms with Crippen LogP contribution in [0.5, 0.6) is 0 Å². The zero-order valence-corrected chi connectivity index (χ0v) is 14.8. The van der Waals surface area contributed by atoms with E-state index in [9.17, 15) is 14.4 Å². The fraction of sp³-hybridized carbons (Fsp3) is 0.471. The Morgan fingerprint density at radius 3 is 2.88 bits per heavy atom. The molecule has 0 spiro atoms. The fourth-order valence-corrected chi connectivity index (χ4v) is 3.31. The Bertz CT molecular complexity index is 709. The van der Waals surface area contributed by atoms with Crippen molar-refractivity contribution in [2.45, 2.75) is 19.4 Å². The van der Waals surface area contributed by atoms with Crippen molar-refractivity contribution in [3.05, 3.63) is 28.8 Å². The zero-order chi connectivity index (χ0) is 18.0. The van der Waals surface area contributed by atoms with E-state index in [1.807, 2.05) is 6.92 Å². The summed E-state index contributed by atoms with van der Waals surface area (Å²) in [6.07, 6.45) is -0.250. The van der Waals surface area contributed by atoms with E-state index < -0.39 is 0 Å². The zero-order valence-electron chi connectivity index (χ0n) is 14.0.